The highest BCUT2D eigenvalue weighted by Gasteiger charge is 2.06. The van der Waals surface area contributed by atoms with E-state index in [0.717, 1.165) is 17.6 Å². The molecule has 4 heteroatoms. The lowest BCUT2D eigenvalue weighted by molar-refractivity contribution is 0.156. The summed E-state index contributed by atoms with van der Waals surface area (Å²) in [5, 5.41) is 5.51. The molecule has 0 aliphatic carbocycles. The summed E-state index contributed by atoms with van der Waals surface area (Å²) in [6.45, 7) is 10.1. The fourth-order valence-electron chi connectivity index (χ4n) is 1.81. The molecule has 2 heterocycles. The van der Waals surface area contributed by atoms with E-state index in [9.17, 15) is 0 Å². The zero-order valence-electron chi connectivity index (χ0n) is 11.5. The summed E-state index contributed by atoms with van der Waals surface area (Å²) in [5.41, 5.74) is 3.35. The number of rotatable bonds is 7. The predicted molar refractivity (Wildman–Crippen MR) is 81.7 cm³/mol. The summed E-state index contributed by atoms with van der Waals surface area (Å²) in [6, 6.07) is 4.54. The largest absolute Gasteiger partial charge is 0.376 e. The number of fused-ring (bicyclic) bond motifs is 1. The molecule has 102 valence electrons. The first-order valence-electron chi connectivity index (χ1n) is 6.45. The third kappa shape index (κ3) is 4.13. The van der Waals surface area contributed by atoms with Crippen molar-refractivity contribution in [3.63, 3.8) is 0 Å². The molecule has 2 aromatic heterocycles. The van der Waals surface area contributed by atoms with Crippen molar-refractivity contribution in [3.8, 4) is 0 Å². The first-order valence-corrected chi connectivity index (χ1v) is 7.33. The molecule has 0 radical (unpaired) electrons. The first kappa shape index (κ1) is 14.2. The van der Waals surface area contributed by atoms with Gasteiger partial charge in [-0.15, -0.1) is 11.3 Å². The molecule has 0 saturated carbocycles. The Hall–Kier alpha value is -1.23. The maximum Gasteiger partial charge on any atom is 0.0809 e. The topological polar surface area (TPSA) is 34.1 Å². The Labute approximate surface area is 118 Å². The molecule has 0 amide bonds. The van der Waals surface area contributed by atoms with Crippen molar-refractivity contribution in [1.82, 2.24) is 10.3 Å². The molecule has 0 aliphatic rings. The fraction of sp³-hybridized carbons (Fsp3) is 0.400. The Kier molecular flexibility index (Phi) is 5.07. The van der Waals surface area contributed by atoms with E-state index in [0.29, 0.717) is 13.2 Å². The van der Waals surface area contributed by atoms with Crippen LogP contribution in [0.2, 0.25) is 0 Å². The summed E-state index contributed by atoms with van der Waals surface area (Å²) in [4.78, 5) is 4.46. The molecule has 0 aliphatic heterocycles. The summed E-state index contributed by atoms with van der Waals surface area (Å²) < 4.78 is 6.70. The summed E-state index contributed by atoms with van der Waals surface area (Å²) in [6.07, 6.45) is 1.95. The van der Waals surface area contributed by atoms with Crippen LogP contribution in [-0.4, -0.2) is 24.7 Å². The average molecular weight is 276 g/mol. The van der Waals surface area contributed by atoms with E-state index in [4.69, 9.17) is 4.74 Å². The van der Waals surface area contributed by atoms with Crippen LogP contribution in [0.3, 0.4) is 0 Å². The van der Waals surface area contributed by atoms with Crippen LogP contribution in [-0.2, 0) is 4.74 Å². The minimum atomic E-state index is 0.285. The van der Waals surface area contributed by atoms with Crippen molar-refractivity contribution in [3.05, 3.63) is 41.4 Å². The van der Waals surface area contributed by atoms with Crippen LogP contribution in [0.5, 0.6) is 0 Å². The normalized spacial score (nSPS) is 12.7. The number of hydrogen-bond donors (Lipinski definition) is 1. The van der Waals surface area contributed by atoms with E-state index < -0.39 is 0 Å². The second kappa shape index (κ2) is 6.80. The van der Waals surface area contributed by atoms with Crippen LogP contribution < -0.4 is 5.32 Å². The smallest absolute Gasteiger partial charge is 0.0809 e. The van der Waals surface area contributed by atoms with Crippen LogP contribution in [0.25, 0.3) is 10.2 Å². The van der Waals surface area contributed by atoms with Crippen LogP contribution in [0.4, 0.5) is 0 Å². The van der Waals surface area contributed by atoms with Crippen molar-refractivity contribution in [2.75, 3.05) is 19.8 Å². The van der Waals surface area contributed by atoms with Crippen LogP contribution >= 0.6 is 11.3 Å². The summed E-state index contributed by atoms with van der Waals surface area (Å²) in [5.74, 6) is 0. The number of aromatic nitrogens is 1. The van der Waals surface area contributed by atoms with E-state index >= 15 is 0 Å². The summed E-state index contributed by atoms with van der Waals surface area (Å²) >= 11 is 1.73. The van der Waals surface area contributed by atoms with Gasteiger partial charge in [0, 0.05) is 18.8 Å². The van der Waals surface area contributed by atoms with Gasteiger partial charge >= 0.3 is 0 Å². The summed E-state index contributed by atoms with van der Waals surface area (Å²) in [7, 11) is 0. The maximum atomic E-state index is 5.46. The lowest BCUT2D eigenvalue weighted by Gasteiger charge is -2.14. The van der Waals surface area contributed by atoms with Gasteiger partial charge in [-0.1, -0.05) is 12.2 Å². The Bertz CT molecular complexity index is 550. The fourth-order valence-corrected chi connectivity index (χ4v) is 2.60. The van der Waals surface area contributed by atoms with Crippen LogP contribution in [0.1, 0.15) is 25.5 Å². The van der Waals surface area contributed by atoms with Gasteiger partial charge in [0.25, 0.3) is 0 Å². The van der Waals surface area contributed by atoms with E-state index in [2.05, 4.69) is 35.2 Å². The maximum absolute atomic E-state index is 5.46. The van der Waals surface area contributed by atoms with Gasteiger partial charge in [-0.05, 0) is 36.9 Å². The molecule has 0 aromatic carbocycles. The number of ether oxygens (including phenoxy) is 1. The van der Waals surface area contributed by atoms with Crippen molar-refractivity contribution < 1.29 is 4.74 Å². The van der Waals surface area contributed by atoms with Crippen molar-refractivity contribution in [1.29, 1.82) is 0 Å². The number of thiophene rings is 1. The highest BCUT2D eigenvalue weighted by atomic mass is 32.1. The first-order chi connectivity index (χ1) is 9.16. The standard InChI is InChI=1S/C15H20N2OS/c1-11(2)10-18-6-5-16-12(3)13-8-15-14(17-9-13)4-7-19-15/h4,7-9,12,16H,1,5-6,10H2,2-3H3. The molecule has 1 atom stereocenters. The average Bonchev–Trinajstić information content (AvgIpc) is 2.84. The molecule has 2 aromatic rings. The zero-order chi connectivity index (χ0) is 13.7. The van der Waals surface area contributed by atoms with E-state index in [1.807, 2.05) is 19.2 Å². The van der Waals surface area contributed by atoms with E-state index in [1.165, 1.54) is 10.3 Å². The van der Waals surface area contributed by atoms with E-state index in [-0.39, 0.29) is 6.04 Å². The van der Waals surface area contributed by atoms with Gasteiger partial charge in [0.15, 0.2) is 0 Å². The van der Waals surface area contributed by atoms with Gasteiger partial charge < -0.3 is 10.1 Å². The quantitative estimate of drug-likeness (QED) is 0.620. The molecule has 3 nitrogen and oxygen atoms in total. The zero-order valence-corrected chi connectivity index (χ0v) is 12.3. The molecule has 2 rings (SSSR count). The molecule has 1 N–H and O–H groups in total. The molecule has 0 bridgehead atoms. The third-order valence-corrected chi connectivity index (χ3v) is 3.72. The van der Waals surface area contributed by atoms with Gasteiger partial charge in [-0.25, -0.2) is 0 Å². The molecular weight excluding hydrogens is 256 g/mol. The number of hydrogen-bond acceptors (Lipinski definition) is 4. The van der Waals surface area contributed by atoms with Crippen LogP contribution in [0.15, 0.2) is 35.9 Å². The van der Waals surface area contributed by atoms with E-state index in [1.54, 1.807) is 11.3 Å². The molecule has 19 heavy (non-hydrogen) atoms. The third-order valence-electron chi connectivity index (χ3n) is 2.87. The van der Waals surface area contributed by atoms with Crippen molar-refractivity contribution >= 4 is 21.6 Å². The Morgan fingerprint density at radius 3 is 3.21 bits per heavy atom. The Morgan fingerprint density at radius 2 is 2.42 bits per heavy atom. The van der Waals surface area contributed by atoms with Gasteiger partial charge in [0.05, 0.1) is 23.4 Å². The SMILES string of the molecule is C=C(C)COCCNC(C)c1cnc2ccsc2c1. The molecule has 0 fully saturated rings. The van der Waals surface area contributed by atoms with Crippen molar-refractivity contribution in [2.45, 2.75) is 19.9 Å². The van der Waals surface area contributed by atoms with Gasteiger partial charge in [0.2, 0.25) is 0 Å². The molecule has 0 saturated heterocycles. The Balaban J connectivity index is 1.82. The van der Waals surface area contributed by atoms with Crippen molar-refractivity contribution in [2.24, 2.45) is 0 Å². The minimum absolute atomic E-state index is 0.285. The predicted octanol–water partition coefficient (Wildman–Crippen LogP) is 3.54. The number of nitrogens with zero attached hydrogens (tertiary/aromatic N) is 1. The lowest BCUT2D eigenvalue weighted by atomic mass is 10.1. The van der Waals surface area contributed by atoms with Gasteiger partial charge in [-0.2, -0.15) is 0 Å². The highest BCUT2D eigenvalue weighted by molar-refractivity contribution is 7.17. The highest BCUT2D eigenvalue weighted by Crippen LogP contribution is 2.22. The number of nitrogens with one attached hydrogen (secondary N) is 1. The molecule has 0 spiro atoms. The van der Waals surface area contributed by atoms with Gasteiger partial charge in [0.1, 0.15) is 0 Å². The van der Waals surface area contributed by atoms with Crippen LogP contribution in [0, 0.1) is 0 Å². The second-order valence-corrected chi connectivity index (χ2v) is 5.71. The minimum Gasteiger partial charge on any atom is -0.376 e. The lowest BCUT2D eigenvalue weighted by Crippen LogP contribution is -2.23. The molecular formula is C15H20N2OS. The molecule has 1 unspecified atom stereocenters. The Morgan fingerprint density at radius 1 is 1.58 bits per heavy atom. The number of pyridine rings is 1. The monoisotopic (exact) mass is 276 g/mol. The second-order valence-electron chi connectivity index (χ2n) is 4.76. The van der Waals surface area contributed by atoms with Gasteiger partial charge in [-0.3, -0.25) is 4.98 Å².